The highest BCUT2D eigenvalue weighted by molar-refractivity contribution is 5.95. The van der Waals surface area contributed by atoms with Gasteiger partial charge in [0.2, 0.25) is 0 Å². The Morgan fingerprint density at radius 1 is 1.39 bits per heavy atom. The number of amides is 1. The van der Waals surface area contributed by atoms with E-state index in [1.165, 1.54) is 6.07 Å². The van der Waals surface area contributed by atoms with E-state index in [0.717, 1.165) is 6.42 Å². The molecule has 0 fully saturated rings. The van der Waals surface area contributed by atoms with Gasteiger partial charge in [-0.1, -0.05) is 6.92 Å². The molecule has 0 saturated carbocycles. The van der Waals surface area contributed by atoms with Gasteiger partial charge in [-0.05, 0) is 25.5 Å². The summed E-state index contributed by atoms with van der Waals surface area (Å²) in [5, 5.41) is 16.5. The Morgan fingerprint density at radius 3 is 2.67 bits per heavy atom. The van der Waals surface area contributed by atoms with Crippen molar-refractivity contribution in [2.45, 2.75) is 20.3 Å². The van der Waals surface area contributed by atoms with Crippen molar-refractivity contribution in [3.05, 3.63) is 33.9 Å². The van der Waals surface area contributed by atoms with Crippen molar-refractivity contribution in [3.8, 4) is 0 Å². The summed E-state index contributed by atoms with van der Waals surface area (Å²) in [5.41, 5.74) is 0.660. The standard InChI is InChI=1S/C12H17N3O3/c1-3-7-14-10-6-5-9(12(16)13-4-2)8-11(10)15(17)18/h5-6,8,14H,3-4,7H2,1-2H3,(H,13,16). The maximum Gasteiger partial charge on any atom is 0.293 e. The van der Waals surface area contributed by atoms with Gasteiger partial charge in [-0.25, -0.2) is 0 Å². The van der Waals surface area contributed by atoms with Gasteiger partial charge >= 0.3 is 0 Å². The molecule has 0 saturated heterocycles. The van der Waals surface area contributed by atoms with Gasteiger partial charge in [0.1, 0.15) is 5.69 Å². The molecule has 0 bridgehead atoms. The van der Waals surface area contributed by atoms with E-state index in [2.05, 4.69) is 10.6 Å². The number of hydrogen-bond donors (Lipinski definition) is 2. The smallest absolute Gasteiger partial charge is 0.293 e. The predicted molar refractivity (Wildman–Crippen MR) is 69.9 cm³/mol. The number of nitro groups is 1. The first-order valence-electron chi connectivity index (χ1n) is 5.90. The molecule has 0 unspecified atom stereocenters. The molecular formula is C12H17N3O3. The van der Waals surface area contributed by atoms with Crippen molar-refractivity contribution in [2.24, 2.45) is 0 Å². The zero-order chi connectivity index (χ0) is 13.5. The Labute approximate surface area is 106 Å². The highest BCUT2D eigenvalue weighted by atomic mass is 16.6. The Bertz CT molecular complexity index is 446. The summed E-state index contributed by atoms with van der Waals surface area (Å²) >= 11 is 0. The molecule has 0 aliphatic carbocycles. The predicted octanol–water partition coefficient (Wildman–Crippen LogP) is 2.17. The van der Waals surface area contributed by atoms with Crippen LogP contribution in [0.25, 0.3) is 0 Å². The van der Waals surface area contributed by atoms with Crippen LogP contribution in [-0.4, -0.2) is 23.9 Å². The summed E-state index contributed by atoms with van der Waals surface area (Å²) in [6.07, 6.45) is 0.870. The first kappa shape index (κ1) is 14.0. The third-order valence-electron chi connectivity index (χ3n) is 2.36. The van der Waals surface area contributed by atoms with Crippen LogP contribution in [0.1, 0.15) is 30.6 Å². The van der Waals surface area contributed by atoms with Crippen LogP contribution >= 0.6 is 0 Å². The highest BCUT2D eigenvalue weighted by Gasteiger charge is 2.16. The van der Waals surface area contributed by atoms with E-state index in [1.807, 2.05) is 6.92 Å². The summed E-state index contributed by atoms with van der Waals surface area (Å²) in [5.74, 6) is -0.303. The van der Waals surface area contributed by atoms with Crippen molar-refractivity contribution >= 4 is 17.3 Å². The lowest BCUT2D eigenvalue weighted by atomic mass is 10.1. The zero-order valence-corrected chi connectivity index (χ0v) is 10.5. The number of rotatable bonds is 6. The van der Waals surface area contributed by atoms with Gasteiger partial charge in [0.25, 0.3) is 11.6 Å². The fourth-order valence-electron chi connectivity index (χ4n) is 1.50. The topological polar surface area (TPSA) is 84.3 Å². The summed E-state index contributed by atoms with van der Waals surface area (Å²) in [6.45, 7) is 4.91. The average Bonchev–Trinajstić information content (AvgIpc) is 2.36. The van der Waals surface area contributed by atoms with E-state index in [0.29, 0.717) is 24.3 Å². The fraction of sp³-hybridized carbons (Fsp3) is 0.417. The number of carbonyl (C=O) groups excluding carboxylic acids is 1. The van der Waals surface area contributed by atoms with E-state index in [9.17, 15) is 14.9 Å². The van der Waals surface area contributed by atoms with Crippen LogP contribution in [0, 0.1) is 10.1 Å². The Balaban J connectivity index is 3.03. The highest BCUT2D eigenvalue weighted by Crippen LogP contribution is 2.25. The normalized spacial score (nSPS) is 9.89. The van der Waals surface area contributed by atoms with Gasteiger partial charge in [-0.3, -0.25) is 14.9 Å². The molecule has 6 heteroatoms. The number of carbonyl (C=O) groups is 1. The van der Waals surface area contributed by atoms with Crippen molar-refractivity contribution in [2.75, 3.05) is 18.4 Å². The number of anilines is 1. The minimum atomic E-state index is -0.485. The van der Waals surface area contributed by atoms with E-state index >= 15 is 0 Å². The fourth-order valence-corrected chi connectivity index (χ4v) is 1.50. The van der Waals surface area contributed by atoms with Crippen molar-refractivity contribution < 1.29 is 9.72 Å². The average molecular weight is 251 g/mol. The minimum Gasteiger partial charge on any atom is -0.380 e. The molecular weight excluding hydrogens is 234 g/mol. The second-order valence-corrected chi connectivity index (χ2v) is 3.78. The number of nitrogens with zero attached hydrogens (tertiary/aromatic N) is 1. The SMILES string of the molecule is CCCNc1ccc(C(=O)NCC)cc1[N+](=O)[O-]. The maximum absolute atomic E-state index is 11.6. The van der Waals surface area contributed by atoms with Gasteiger partial charge in [0.05, 0.1) is 4.92 Å². The Kier molecular flexibility index (Phi) is 5.10. The number of benzene rings is 1. The zero-order valence-electron chi connectivity index (χ0n) is 10.5. The van der Waals surface area contributed by atoms with Crippen LogP contribution < -0.4 is 10.6 Å². The first-order chi connectivity index (χ1) is 8.60. The van der Waals surface area contributed by atoms with E-state index in [1.54, 1.807) is 19.1 Å². The largest absolute Gasteiger partial charge is 0.380 e. The van der Waals surface area contributed by atoms with Crippen LogP contribution in [0.5, 0.6) is 0 Å². The van der Waals surface area contributed by atoms with E-state index in [4.69, 9.17) is 0 Å². The number of hydrogen-bond acceptors (Lipinski definition) is 4. The molecule has 6 nitrogen and oxygen atoms in total. The van der Waals surface area contributed by atoms with E-state index in [-0.39, 0.29) is 11.6 Å². The van der Waals surface area contributed by atoms with Gasteiger partial charge in [0, 0.05) is 24.7 Å². The molecule has 1 aromatic rings. The molecule has 0 aliphatic heterocycles. The third-order valence-corrected chi connectivity index (χ3v) is 2.36. The second-order valence-electron chi connectivity index (χ2n) is 3.78. The van der Waals surface area contributed by atoms with Crippen molar-refractivity contribution in [3.63, 3.8) is 0 Å². The van der Waals surface area contributed by atoms with Gasteiger partial charge in [-0.15, -0.1) is 0 Å². The van der Waals surface area contributed by atoms with Crippen LogP contribution in [-0.2, 0) is 0 Å². The molecule has 0 atom stereocenters. The molecule has 1 amide bonds. The Hall–Kier alpha value is -2.11. The van der Waals surface area contributed by atoms with Crippen molar-refractivity contribution in [1.29, 1.82) is 0 Å². The lowest BCUT2D eigenvalue weighted by Gasteiger charge is -2.07. The molecule has 0 spiro atoms. The molecule has 1 aromatic carbocycles. The van der Waals surface area contributed by atoms with Crippen molar-refractivity contribution in [1.82, 2.24) is 5.32 Å². The Morgan fingerprint density at radius 2 is 2.11 bits per heavy atom. The lowest BCUT2D eigenvalue weighted by molar-refractivity contribution is -0.384. The molecule has 2 N–H and O–H groups in total. The van der Waals surface area contributed by atoms with Crippen LogP contribution in [0.2, 0.25) is 0 Å². The quantitative estimate of drug-likeness (QED) is 0.599. The summed E-state index contributed by atoms with van der Waals surface area (Å²) in [6, 6.07) is 4.44. The second kappa shape index (κ2) is 6.58. The summed E-state index contributed by atoms with van der Waals surface area (Å²) < 4.78 is 0. The molecule has 0 aliphatic rings. The number of nitrogens with one attached hydrogen (secondary N) is 2. The minimum absolute atomic E-state index is 0.0767. The monoisotopic (exact) mass is 251 g/mol. The molecule has 1 rings (SSSR count). The van der Waals surface area contributed by atoms with Gasteiger partial charge in [-0.2, -0.15) is 0 Å². The van der Waals surface area contributed by atoms with Crippen LogP contribution in [0.3, 0.4) is 0 Å². The van der Waals surface area contributed by atoms with Crippen LogP contribution in [0.4, 0.5) is 11.4 Å². The number of nitro benzene ring substituents is 1. The first-order valence-corrected chi connectivity index (χ1v) is 5.90. The molecule has 0 heterocycles. The molecule has 0 radical (unpaired) electrons. The summed E-state index contributed by atoms with van der Waals surface area (Å²) in [7, 11) is 0. The van der Waals surface area contributed by atoms with E-state index < -0.39 is 4.92 Å². The molecule has 98 valence electrons. The maximum atomic E-state index is 11.6. The third kappa shape index (κ3) is 3.44. The lowest BCUT2D eigenvalue weighted by Crippen LogP contribution is -2.22. The summed E-state index contributed by atoms with van der Waals surface area (Å²) in [4.78, 5) is 22.1. The van der Waals surface area contributed by atoms with Gasteiger partial charge < -0.3 is 10.6 Å². The van der Waals surface area contributed by atoms with Crippen LogP contribution in [0.15, 0.2) is 18.2 Å². The van der Waals surface area contributed by atoms with Gasteiger partial charge in [0.15, 0.2) is 0 Å². The molecule has 18 heavy (non-hydrogen) atoms. The molecule has 0 aromatic heterocycles.